The summed E-state index contributed by atoms with van der Waals surface area (Å²) in [4.78, 5) is 16.4. The van der Waals surface area contributed by atoms with Crippen LogP contribution in [0.15, 0.2) is 54.2 Å². The number of carbonyl (C=O) groups is 1. The lowest BCUT2D eigenvalue weighted by molar-refractivity contribution is 0.0952. The minimum atomic E-state index is -3.65. The smallest absolute Gasteiger partial charge is 0.251 e. The molecule has 0 unspecified atom stereocenters. The molecule has 1 aromatic heterocycles. The van der Waals surface area contributed by atoms with Gasteiger partial charge < -0.3 is 9.88 Å². The van der Waals surface area contributed by atoms with E-state index in [1.807, 2.05) is 17.7 Å². The Bertz CT molecular complexity index is 843. The Morgan fingerprint density at radius 1 is 1.40 bits per heavy atom. The van der Waals surface area contributed by atoms with Gasteiger partial charge in [0.25, 0.3) is 5.91 Å². The van der Waals surface area contributed by atoms with Crippen LogP contribution in [0.4, 0.5) is 0 Å². The van der Waals surface area contributed by atoms with E-state index in [0.717, 1.165) is 18.8 Å². The van der Waals surface area contributed by atoms with Gasteiger partial charge in [0, 0.05) is 37.6 Å². The number of hydrogen-bond acceptors (Lipinski definition) is 4. The third kappa shape index (κ3) is 5.27. The lowest BCUT2D eigenvalue weighted by Crippen LogP contribution is -2.27. The van der Waals surface area contributed by atoms with Gasteiger partial charge in [0.05, 0.1) is 4.90 Å². The van der Waals surface area contributed by atoms with Gasteiger partial charge in [0.15, 0.2) is 0 Å². The van der Waals surface area contributed by atoms with Gasteiger partial charge >= 0.3 is 0 Å². The summed E-state index contributed by atoms with van der Waals surface area (Å²) < 4.78 is 28.6. The van der Waals surface area contributed by atoms with E-state index >= 15 is 0 Å². The Balaban J connectivity index is 1.92. The molecule has 0 radical (unpaired) electrons. The molecule has 25 heavy (non-hydrogen) atoms. The van der Waals surface area contributed by atoms with Gasteiger partial charge in [-0.1, -0.05) is 12.1 Å². The van der Waals surface area contributed by atoms with Crippen LogP contribution in [0, 0.1) is 6.92 Å². The average molecular weight is 362 g/mol. The predicted octanol–water partition coefficient (Wildman–Crippen LogP) is 1.48. The number of hydrogen-bond donors (Lipinski definition) is 2. The number of nitrogens with zero attached hydrogens (tertiary/aromatic N) is 2. The highest BCUT2D eigenvalue weighted by molar-refractivity contribution is 7.89. The van der Waals surface area contributed by atoms with Gasteiger partial charge in [-0.25, -0.2) is 18.1 Å². The molecule has 1 aromatic carbocycles. The SMILES string of the molecule is C=CCNS(=O)(=O)c1cccc(C(=O)NCCCn2ccnc2C)c1. The van der Waals surface area contributed by atoms with Crippen molar-refractivity contribution in [3.63, 3.8) is 0 Å². The first kappa shape index (κ1) is 18.9. The van der Waals surface area contributed by atoms with E-state index < -0.39 is 10.0 Å². The fraction of sp³-hybridized carbons (Fsp3) is 0.294. The molecule has 2 aromatic rings. The highest BCUT2D eigenvalue weighted by atomic mass is 32.2. The number of rotatable bonds is 9. The fourth-order valence-corrected chi connectivity index (χ4v) is 3.29. The Labute approximate surface area is 147 Å². The number of benzene rings is 1. The van der Waals surface area contributed by atoms with Crippen molar-refractivity contribution in [2.24, 2.45) is 0 Å². The first-order valence-corrected chi connectivity index (χ1v) is 9.39. The number of nitrogens with one attached hydrogen (secondary N) is 2. The minimum absolute atomic E-state index is 0.0519. The van der Waals surface area contributed by atoms with E-state index in [-0.39, 0.29) is 17.3 Å². The number of aromatic nitrogens is 2. The average Bonchev–Trinajstić information content (AvgIpc) is 3.02. The lowest BCUT2D eigenvalue weighted by Gasteiger charge is -2.09. The maximum Gasteiger partial charge on any atom is 0.251 e. The van der Waals surface area contributed by atoms with Gasteiger partial charge in [0.1, 0.15) is 5.82 Å². The monoisotopic (exact) mass is 362 g/mol. The first-order chi connectivity index (χ1) is 11.9. The Morgan fingerprint density at radius 2 is 2.20 bits per heavy atom. The summed E-state index contributed by atoms with van der Waals surface area (Å²) in [5.41, 5.74) is 0.306. The second kappa shape index (κ2) is 8.59. The van der Waals surface area contributed by atoms with E-state index in [4.69, 9.17) is 0 Å². The first-order valence-electron chi connectivity index (χ1n) is 7.90. The van der Waals surface area contributed by atoms with Crippen LogP contribution >= 0.6 is 0 Å². The quantitative estimate of drug-likeness (QED) is 0.522. The van der Waals surface area contributed by atoms with Gasteiger partial charge in [-0.05, 0) is 31.5 Å². The maximum absolute atomic E-state index is 12.2. The molecule has 0 atom stereocenters. The largest absolute Gasteiger partial charge is 0.352 e. The van der Waals surface area contributed by atoms with Crippen molar-refractivity contribution in [3.8, 4) is 0 Å². The van der Waals surface area contributed by atoms with E-state index in [2.05, 4.69) is 21.6 Å². The van der Waals surface area contributed by atoms with E-state index in [1.165, 1.54) is 18.2 Å². The zero-order valence-electron chi connectivity index (χ0n) is 14.1. The summed E-state index contributed by atoms with van der Waals surface area (Å²) in [6.07, 6.45) is 5.83. The van der Waals surface area contributed by atoms with E-state index in [9.17, 15) is 13.2 Å². The molecule has 0 aliphatic rings. The number of carbonyl (C=O) groups excluding carboxylic acids is 1. The molecule has 8 heteroatoms. The molecule has 2 rings (SSSR count). The predicted molar refractivity (Wildman–Crippen MR) is 95.7 cm³/mol. The zero-order valence-corrected chi connectivity index (χ0v) is 14.9. The molecule has 0 aliphatic heterocycles. The summed E-state index contributed by atoms with van der Waals surface area (Å²) in [6, 6.07) is 5.94. The molecule has 2 N–H and O–H groups in total. The van der Waals surface area contributed by atoms with Crippen molar-refractivity contribution >= 4 is 15.9 Å². The molecule has 7 nitrogen and oxygen atoms in total. The summed E-state index contributed by atoms with van der Waals surface area (Å²) >= 11 is 0. The van der Waals surface area contributed by atoms with E-state index in [1.54, 1.807) is 18.3 Å². The molecule has 134 valence electrons. The van der Waals surface area contributed by atoms with Gasteiger partial charge in [-0.2, -0.15) is 0 Å². The van der Waals surface area contributed by atoms with Crippen LogP contribution in [0.25, 0.3) is 0 Å². The standard InChI is InChI=1S/C17H22N4O3S/c1-3-8-20-25(23,24)16-7-4-6-15(13-16)17(22)19-9-5-11-21-12-10-18-14(21)2/h3-4,6-7,10,12-13,20H,1,5,8-9,11H2,2H3,(H,19,22). The third-order valence-corrected chi connectivity index (χ3v) is 5.03. The molecule has 0 aliphatic carbocycles. The van der Waals surface area contributed by atoms with Crippen LogP contribution in [-0.2, 0) is 16.6 Å². The summed E-state index contributed by atoms with van der Waals surface area (Å²) in [5, 5.41) is 2.80. The summed E-state index contributed by atoms with van der Waals surface area (Å²) in [5.74, 6) is 0.624. The van der Waals surface area contributed by atoms with Gasteiger partial charge in [-0.15, -0.1) is 6.58 Å². The van der Waals surface area contributed by atoms with Crippen molar-refractivity contribution in [2.75, 3.05) is 13.1 Å². The Kier molecular flexibility index (Phi) is 6.49. The van der Waals surface area contributed by atoms with Crippen molar-refractivity contribution < 1.29 is 13.2 Å². The molecular formula is C17H22N4O3S. The number of imidazole rings is 1. The van der Waals surface area contributed by atoms with Gasteiger partial charge in [0.2, 0.25) is 10.0 Å². The molecule has 0 saturated carbocycles. The van der Waals surface area contributed by atoms with E-state index in [0.29, 0.717) is 12.1 Å². The second-order valence-electron chi connectivity index (χ2n) is 5.45. The molecule has 0 bridgehead atoms. The Hall–Kier alpha value is -2.45. The van der Waals surface area contributed by atoms with Gasteiger partial charge in [-0.3, -0.25) is 4.79 Å². The highest BCUT2D eigenvalue weighted by Crippen LogP contribution is 2.11. The zero-order chi connectivity index (χ0) is 18.3. The molecule has 1 amide bonds. The maximum atomic E-state index is 12.2. The van der Waals surface area contributed by atoms with Crippen LogP contribution in [-0.4, -0.2) is 37.0 Å². The molecule has 0 spiro atoms. The van der Waals surface area contributed by atoms with Crippen molar-refractivity contribution in [1.82, 2.24) is 19.6 Å². The molecule has 1 heterocycles. The molecule has 0 fully saturated rings. The van der Waals surface area contributed by atoms with Crippen LogP contribution in [0.2, 0.25) is 0 Å². The lowest BCUT2D eigenvalue weighted by atomic mass is 10.2. The third-order valence-electron chi connectivity index (χ3n) is 3.61. The second-order valence-corrected chi connectivity index (χ2v) is 7.21. The van der Waals surface area contributed by atoms with Crippen LogP contribution < -0.4 is 10.0 Å². The van der Waals surface area contributed by atoms with Crippen LogP contribution in [0.1, 0.15) is 22.6 Å². The van der Waals surface area contributed by atoms with Crippen molar-refractivity contribution in [1.29, 1.82) is 0 Å². The number of sulfonamides is 1. The van der Waals surface area contributed by atoms with Crippen LogP contribution in [0.5, 0.6) is 0 Å². The van der Waals surface area contributed by atoms with Crippen molar-refractivity contribution in [3.05, 3.63) is 60.7 Å². The van der Waals surface area contributed by atoms with Crippen LogP contribution in [0.3, 0.4) is 0 Å². The minimum Gasteiger partial charge on any atom is -0.352 e. The fourth-order valence-electron chi connectivity index (χ4n) is 2.25. The normalized spacial score (nSPS) is 11.2. The summed E-state index contributed by atoms with van der Waals surface area (Å²) in [6.45, 7) is 6.77. The number of amides is 1. The number of aryl methyl sites for hydroxylation is 2. The Morgan fingerprint density at radius 3 is 2.88 bits per heavy atom. The summed E-state index contributed by atoms with van der Waals surface area (Å²) in [7, 11) is -3.65. The highest BCUT2D eigenvalue weighted by Gasteiger charge is 2.15. The topological polar surface area (TPSA) is 93.1 Å². The molecule has 0 saturated heterocycles. The molecular weight excluding hydrogens is 340 g/mol. The van der Waals surface area contributed by atoms with Crippen molar-refractivity contribution in [2.45, 2.75) is 24.8 Å².